The molecular weight excluding hydrogens is 326 g/mol. The van der Waals surface area contributed by atoms with Crippen molar-refractivity contribution in [2.45, 2.75) is 39.7 Å². The van der Waals surface area contributed by atoms with Crippen LogP contribution in [0.3, 0.4) is 0 Å². The summed E-state index contributed by atoms with van der Waals surface area (Å²) in [5.74, 6) is 1.56. The number of aromatic nitrogens is 4. The van der Waals surface area contributed by atoms with E-state index in [0.29, 0.717) is 0 Å². The maximum atomic E-state index is 5.49. The predicted octanol–water partition coefficient (Wildman–Crippen LogP) is 4.03. The monoisotopic (exact) mass is 351 g/mol. The van der Waals surface area contributed by atoms with Gasteiger partial charge in [-0.25, -0.2) is 0 Å². The molecule has 136 valence electrons. The number of methoxy groups -OCH3 is 1. The van der Waals surface area contributed by atoms with Gasteiger partial charge in [-0.05, 0) is 60.9 Å². The molecule has 3 rings (SSSR count). The smallest absolute Gasteiger partial charge is 0.181 e. The van der Waals surface area contributed by atoms with Gasteiger partial charge in [0.15, 0.2) is 5.82 Å². The molecule has 0 bridgehead atoms. The van der Waals surface area contributed by atoms with Gasteiger partial charge in [0.2, 0.25) is 0 Å². The third-order valence-electron chi connectivity index (χ3n) is 4.84. The van der Waals surface area contributed by atoms with Crippen molar-refractivity contribution < 1.29 is 4.74 Å². The summed E-state index contributed by atoms with van der Waals surface area (Å²) >= 11 is 0. The van der Waals surface area contributed by atoms with Crippen LogP contribution in [0.2, 0.25) is 0 Å². The number of tetrazole rings is 1. The molecule has 1 heterocycles. The summed E-state index contributed by atoms with van der Waals surface area (Å²) in [4.78, 5) is 0. The van der Waals surface area contributed by atoms with E-state index in [1.165, 1.54) is 0 Å². The molecule has 0 aliphatic heterocycles. The van der Waals surface area contributed by atoms with Crippen molar-refractivity contribution in [3.8, 4) is 11.4 Å². The molecule has 0 spiro atoms. The normalized spacial score (nSPS) is 13.3. The molecule has 0 amide bonds. The third-order valence-corrected chi connectivity index (χ3v) is 4.84. The number of nitrogens with one attached hydrogen (secondary N) is 1. The van der Waals surface area contributed by atoms with E-state index in [9.17, 15) is 0 Å². The minimum atomic E-state index is -0.465. The summed E-state index contributed by atoms with van der Waals surface area (Å²) in [6.45, 7) is 8.37. The van der Waals surface area contributed by atoms with Crippen molar-refractivity contribution in [1.29, 1.82) is 0 Å². The van der Waals surface area contributed by atoms with Crippen molar-refractivity contribution in [3.05, 3.63) is 59.4 Å². The Kier molecular flexibility index (Phi) is 4.93. The van der Waals surface area contributed by atoms with E-state index in [1.54, 1.807) is 7.11 Å². The Morgan fingerprint density at radius 3 is 2.42 bits per heavy atom. The predicted molar refractivity (Wildman–Crippen MR) is 103 cm³/mol. The van der Waals surface area contributed by atoms with Crippen LogP contribution in [0.15, 0.2) is 42.5 Å². The van der Waals surface area contributed by atoms with Crippen molar-refractivity contribution in [1.82, 2.24) is 20.2 Å². The topological polar surface area (TPSA) is 64.9 Å². The zero-order valence-electron chi connectivity index (χ0n) is 15.9. The van der Waals surface area contributed by atoms with E-state index >= 15 is 0 Å². The fraction of sp³-hybridized carbons (Fsp3) is 0.350. The molecule has 1 aromatic heterocycles. The average Bonchev–Trinajstić information content (AvgIpc) is 3.12. The molecule has 6 heteroatoms. The molecule has 0 saturated carbocycles. The molecule has 0 aliphatic rings. The largest absolute Gasteiger partial charge is 0.495 e. The number of benzene rings is 2. The van der Waals surface area contributed by atoms with Gasteiger partial charge in [0.05, 0.1) is 24.0 Å². The number of para-hydroxylation sites is 3. The zero-order valence-corrected chi connectivity index (χ0v) is 15.9. The minimum absolute atomic E-state index is 0.465. The summed E-state index contributed by atoms with van der Waals surface area (Å²) in [5, 5.41) is 16.2. The Balaban J connectivity index is 2.08. The van der Waals surface area contributed by atoms with Gasteiger partial charge in [-0.2, -0.15) is 4.68 Å². The van der Waals surface area contributed by atoms with Crippen LogP contribution in [0.25, 0.3) is 5.69 Å². The summed E-state index contributed by atoms with van der Waals surface area (Å²) in [6, 6.07) is 14.1. The third kappa shape index (κ3) is 3.14. The van der Waals surface area contributed by atoms with E-state index < -0.39 is 5.54 Å². The summed E-state index contributed by atoms with van der Waals surface area (Å²) in [7, 11) is 1.67. The Morgan fingerprint density at radius 2 is 1.77 bits per heavy atom. The van der Waals surface area contributed by atoms with Crippen LogP contribution >= 0.6 is 0 Å². The van der Waals surface area contributed by atoms with Gasteiger partial charge >= 0.3 is 0 Å². The molecule has 0 unspecified atom stereocenters. The molecule has 26 heavy (non-hydrogen) atoms. The lowest BCUT2D eigenvalue weighted by Crippen LogP contribution is -2.35. The average molecular weight is 351 g/mol. The first-order chi connectivity index (χ1) is 12.5. The number of nitrogens with zero attached hydrogens (tertiary/aromatic N) is 4. The summed E-state index contributed by atoms with van der Waals surface area (Å²) in [6.07, 6.45) is 0.802. The summed E-state index contributed by atoms with van der Waals surface area (Å²) < 4.78 is 7.33. The van der Waals surface area contributed by atoms with Crippen LogP contribution in [0.1, 0.15) is 37.2 Å². The standard InChI is InChI=1S/C20H25N5O/c1-6-20(4,21-16-12-7-8-13-17(16)26-5)19-22-23-24-25(19)18-14(2)10-9-11-15(18)3/h7-13,21H,6H2,1-5H3/t20-/m0/s1. The van der Waals surface area contributed by atoms with E-state index in [1.807, 2.05) is 35.0 Å². The van der Waals surface area contributed by atoms with Crippen LogP contribution in [-0.2, 0) is 5.54 Å². The van der Waals surface area contributed by atoms with Gasteiger partial charge in [-0.1, -0.05) is 37.3 Å². The molecule has 2 aromatic carbocycles. The summed E-state index contributed by atoms with van der Waals surface area (Å²) in [5.41, 5.74) is 3.74. The van der Waals surface area contributed by atoms with Crippen LogP contribution < -0.4 is 10.1 Å². The second-order valence-corrected chi connectivity index (χ2v) is 6.67. The number of rotatable bonds is 6. The number of hydrogen-bond acceptors (Lipinski definition) is 5. The Bertz CT molecular complexity index is 884. The number of ether oxygens (including phenoxy) is 1. The van der Waals surface area contributed by atoms with Gasteiger partial charge in [0.1, 0.15) is 5.75 Å². The van der Waals surface area contributed by atoms with E-state index in [4.69, 9.17) is 4.74 Å². The Hall–Kier alpha value is -2.89. The minimum Gasteiger partial charge on any atom is -0.495 e. The number of anilines is 1. The SMILES string of the molecule is CC[C@](C)(Nc1ccccc1OC)c1nnnn1-c1c(C)cccc1C. The molecule has 1 N–H and O–H groups in total. The fourth-order valence-electron chi connectivity index (χ4n) is 3.17. The number of hydrogen-bond donors (Lipinski definition) is 1. The van der Waals surface area contributed by atoms with Crippen LogP contribution in [-0.4, -0.2) is 27.3 Å². The first kappa shape index (κ1) is 17.9. The van der Waals surface area contributed by atoms with Crippen LogP contribution in [0.4, 0.5) is 5.69 Å². The molecule has 0 aliphatic carbocycles. The quantitative estimate of drug-likeness (QED) is 0.726. The highest BCUT2D eigenvalue weighted by atomic mass is 16.5. The molecule has 6 nitrogen and oxygen atoms in total. The Labute approximate surface area is 154 Å². The molecule has 0 saturated heterocycles. The van der Waals surface area contributed by atoms with Gasteiger partial charge in [-0.3, -0.25) is 0 Å². The lowest BCUT2D eigenvalue weighted by Gasteiger charge is -2.30. The molecule has 0 radical (unpaired) electrons. The van der Waals surface area contributed by atoms with E-state index in [0.717, 1.165) is 40.5 Å². The highest BCUT2D eigenvalue weighted by molar-refractivity contribution is 5.58. The zero-order chi connectivity index (χ0) is 18.7. The van der Waals surface area contributed by atoms with E-state index in [-0.39, 0.29) is 0 Å². The molecule has 3 aromatic rings. The van der Waals surface area contributed by atoms with Crippen molar-refractivity contribution in [3.63, 3.8) is 0 Å². The first-order valence-electron chi connectivity index (χ1n) is 8.77. The van der Waals surface area contributed by atoms with E-state index in [2.05, 4.69) is 60.7 Å². The lowest BCUT2D eigenvalue weighted by molar-refractivity contribution is 0.411. The highest BCUT2D eigenvalue weighted by Gasteiger charge is 2.33. The van der Waals surface area contributed by atoms with Gasteiger partial charge < -0.3 is 10.1 Å². The highest BCUT2D eigenvalue weighted by Crippen LogP contribution is 2.34. The maximum Gasteiger partial charge on any atom is 0.181 e. The molecule has 0 fully saturated rings. The van der Waals surface area contributed by atoms with Gasteiger partial charge in [0.25, 0.3) is 0 Å². The van der Waals surface area contributed by atoms with Crippen LogP contribution in [0, 0.1) is 13.8 Å². The lowest BCUT2D eigenvalue weighted by atomic mass is 9.96. The Morgan fingerprint density at radius 1 is 1.08 bits per heavy atom. The van der Waals surface area contributed by atoms with Crippen LogP contribution in [0.5, 0.6) is 5.75 Å². The first-order valence-corrected chi connectivity index (χ1v) is 8.77. The van der Waals surface area contributed by atoms with Crippen molar-refractivity contribution in [2.75, 3.05) is 12.4 Å². The van der Waals surface area contributed by atoms with Gasteiger partial charge in [0, 0.05) is 0 Å². The number of aryl methyl sites for hydroxylation is 2. The van der Waals surface area contributed by atoms with Crippen molar-refractivity contribution in [2.24, 2.45) is 0 Å². The second-order valence-electron chi connectivity index (χ2n) is 6.67. The molecular formula is C20H25N5O. The maximum absolute atomic E-state index is 5.49. The fourth-order valence-corrected chi connectivity index (χ4v) is 3.17. The molecule has 1 atom stereocenters. The van der Waals surface area contributed by atoms with Crippen molar-refractivity contribution >= 4 is 5.69 Å². The second kappa shape index (κ2) is 7.15. The van der Waals surface area contributed by atoms with Gasteiger partial charge in [-0.15, -0.1) is 5.10 Å².